The molecule has 1 aromatic carbocycles. The molecule has 110 valence electrons. The Morgan fingerprint density at radius 2 is 2.14 bits per heavy atom. The smallest absolute Gasteiger partial charge is 0.341 e. The number of esters is 1. The van der Waals surface area contributed by atoms with Crippen LogP contribution in [0.3, 0.4) is 0 Å². The summed E-state index contributed by atoms with van der Waals surface area (Å²) in [6.45, 7) is 4.03. The van der Waals surface area contributed by atoms with Crippen molar-refractivity contribution in [1.82, 2.24) is 4.98 Å². The van der Waals surface area contributed by atoms with Gasteiger partial charge in [0.15, 0.2) is 0 Å². The van der Waals surface area contributed by atoms with Crippen molar-refractivity contribution in [2.45, 2.75) is 13.8 Å². The van der Waals surface area contributed by atoms with Crippen LogP contribution in [-0.2, 0) is 4.74 Å². The number of carbonyl (C=O) groups is 1. The lowest BCUT2D eigenvalue weighted by Crippen LogP contribution is -2.10. The molecule has 21 heavy (non-hydrogen) atoms. The average molecular weight is 350 g/mol. The van der Waals surface area contributed by atoms with Crippen LogP contribution in [0.2, 0.25) is 0 Å². The SMILES string of the molecule is CCOC(=O)c1cc(N)cnc1Nc1cc(C)cc(Br)c1. The molecule has 0 unspecified atom stereocenters. The Kier molecular flexibility index (Phi) is 4.80. The van der Waals surface area contributed by atoms with Gasteiger partial charge in [0.1, 0.15) is 11.4 Å². The third-order valence-corrected chi connectivity index (χ3v) is 3.17. The average Bonchev–Trinajstić information content (AvgIpc) is 2.40. The van der Waals surface area contributed by atoms with Gasteiger partial charge in [0.05, 0.1) is 18.5 Å². The number of aryl methyl sites for hydroxylation is 1. The highest BCUT2D eigenvalue weighted by Gasteiger charge is 2.15. The van der Waals surface area contributed by atoms with Gasteiger partial charge >= 0.3 is 5.97 Å². The van der Waals surface area contributed by atoms with E-state index in [1.165, 1.54) is 6.20 Å². The Hall–Kier alpha value is -2.08. The number of rotatable bonds is 4. The van der Waals surface area contributed by atoms with Gasteiger partial charge in [0.25, 0.3) is 0 Å². The van der Waals surface area contributed by atoms with Gasteiger partial charge < -0.3 is 15.8 Å². The van der Waals surface area contributed by atoms with Crippen molar-refractivity contribution in [3.63, 3.8) is 0 Å². The maximum Gasteiger partial charge on any atom is 0.341 e. The lowest BCUT2D eigenvalue weighted by molar-refractivity contribution is 0.0527. The molecule has 0 atom stereocenters. The number of pyridine rings is 1. The molecule has 0 fully saturated rings. The van der Waals surface area contributed by atoms with Gasteiger partial charge in [-0.3, -0.25) is 0 Å². The predicted octanol–water partition coefficient (Wildman–Crippen LogP) is 3.66. The summed E-state index contributed by atoms with van der Waals surface area (Å²) >= 11 is 3.44. The van der Waals surface area contributed by atoms with Gasteiger partial charge in [0.2, 0.25) is 0 Å². The van der Waals surface area contributed by atoms with Crippen LogP contribution in [0.5, 0.6) is 0 Å². The molecule has 6 heteroatoms. The Morgan fingerprint density at radius 3 is 2.81 bits per heavy atom. The number of halogens is 1. The molecule has 0 radical (unpaired) electrons. The highest BCUT2D eigenvalue weighted by Crippen LogP contribution is 2.25. The third kappa shape index (κ3) is 3.95. The number of hydrogen-bond acceptors (Lipinski definition) is 5. The van der Waals surface area contributed by atoms with Crippen LogP contribution in [-0.4, -0.2) is 17.6 Å². The molecule has 0 saturated carbocycles. The molecule has 0 spiro atoms. The van der Waals surface area contributed by atoms with Crippen molar-refractivity contribution in [2.24, 2.45) is 0 Å². The van der Waals surface area contributed by atoms with Crippen molar-refractivity contribution in [2.75, 3.05) is 17.7 Å². The first-order valence-electron chi connectivity index (χ1n) is 6.46. The maximum atomic E-state index is 12.0. The monoisotopic (exact) mass is 349 g/mol. The van der Waals surface area contributed by atoms with Gasteiger partial charge in [-0.1, -0.05) is 15.9 Å². The summed E-state index contributed by atoms with van der Waals surface area (Å²) in [5.41, 5.74) is 8.33. The summed E-state index contributed by atoms with van der Waals surface area (Å²) in [5, 5.41) is 3.12. The van der Waals surface area contributed by atoms with E-state index in [1.54, 1.807) is 13.0 Å². The van der Waals surface area contributed by atoms with Crippen molar-refractivity contribution in [3.05, 3.63) is 46.1 Å². The molecule has 2 rings (SSSR count). The van der Waals surface area contributed by atoms with Gasteiger partial charge in [-0.15, -0.1) is 0 Å². The molecule has 0 aliphatic rings. The van der Waals surface area contributed by atoms with E-state index >= 15 is 0 Å². The number of nitrogen functional groups attached to an aromatic ring is 1. The molecule has 1 heterocycles. The Labute approximate surface area is 131 Å². The molecule has 1 aromatic heterocycles. The first-order valence-corrected chi connectivity index (χ1v) is 7.25. The standard InChI is InChI=1S/C15H16BrN3O2/c1-3-21-15(20)13-7-11(17)8-18-14(13)19-12-5-9(2)4-10(16)6-12/h4-8H,3,17H2,1-2H3,(H,18,19). The highest BCUT2D eigenvalue weighted by atomic mass is 79.9. The fourth-order valence-corrected chi connectivity index (χ4v) is 2.50. The van der Waals surface area contributed by atoms with E-state index in [0.717, 1.165) is 15.7 Å². The van der Waals surface area contributed by atoms with Crippen LogP contribution in [0.4, 0.5) is 17.2 Å². The zero-order valence-electron chi connectivity index (χ0n) is 11.8. The molecule has 0 bridgehead atoms. The summed E-state index contributed by atoms with van der Waals surface area (Å²) in [4.78, 5) is 16.2. The molecular formula is C15H16BrN3O2. The zero-order chi connectivity index (χ0) is 15.4. The van der Waals surface area contributed by atoms with Crippen molar-refractivity contribution >= 4 is 39.1 Å². The Bertz CT molecular complexity index is 654. The van der Waals surface area contributed by atoms with E-state index in [4.69, 9.17) is 10.5 Å². The third-order valence-electron chi connectivity index (χ3n) is 2.71. The zero-order valence-corrected chi connectivity index (χ0v) is 13.4. The summed E-state index contributed by atoms with van der Waals surface area (Å²) in [6, 6.07) is 7.41. The lowest BCUT2D eigenvalue weighted by atomic mass is 10.2. The van der Waals surface area contributed by atoms with Gasteiger partial charge in [-0.2, -0.15) is 0 Å². The Morgan fingerprint density at radius 1 is 1.38 bits per heavy atom. The lowest BCUT2D eigenvalue weighted by Gasteiger charge is -2.12. The maximum absolute atomic E-state index is 12.0. The van der Waals surface area contributed by atoms with Crippen LogP contribution in [0.1, 0.15) is 22.8 Å². The van der Waals surface area contributed by atoms with Crippen LogP contribution in [0.25, 0.3) is 0 Å². The number of benzene rings is 1. The van der Waals surface area contributed by atoms with Crippen molar-refractivity contribution in [3.8, 4) is 0 Å². The van der Waals surface area contributed by atoms with Crippen LogP contribution < -0.4 is 11.1 Å². The normalized spacial score (nSPS) is 10.2. The van der Waals surface area contributed by atoms with E-state index in [2.05, 4.69) is 26.2 Å². The summed E-state index contributed by atoms with van der Waals surface area (Å²) < 4.78 is 5.97. The largest absolute Gasteiger partial charge is 0.462 e. The fraction of sp³-hybridized carbons (Fsp3) is 0.200. The van der Waals surface area contributed by atoms with E-state index in [-0.39, 0.29) is 0 Å². The fourth-order valence-electron chi connectivity index (χ4n) is 1.89. The number of carbonyl (C=O) groups excluding carboxylic acids is 1. The quantitative estimate of drug-likeness (QED) is 0.823. The minimum atomic E-state index is -0.452. The number of hydrogen-bond donors (Lipinski definition) is 2. The topological polar surface area (TPSA) is 77.2 Å². The molecule has 0 aliphatic carbocycles. The molecular weight excluding hydrogens is 334 g/mol. The summed E-state index contributed by atoms with van der Waals surface area (Å²) in [6.07, 6.45) is 1.50. The van der Waals surface area contributed by atoms with E-state index in [0.29, 0.717) is 23.7 Å². The number of nitrogens with one attached hydrogen (secondary N) is 1. The minimum absolute atomic E-state index is 0.295. The predicted molar refractivity (Wildman–Crippen MR) is 86.8 cm³/mol. The molecule has 2 aromatic rings. The first kappa shape index (κ1) is 15.3. The second kappa shape index (κ2) is 6.58. The van der Waals surface area contributed by atoms with Gasteiger partial charge in [0, 0.05) is 10.2 Å². The Balaban J connectivity index is 2.37. The molecule has 0 saturated heterocycles. The number of nitrogens with two attached hydrogens (primary N) is 1. The first-order chi connectivity index (χ1) is 9.99. The van der Waals surface area contributed by atoms with E-state index in [9.17, 15) is 4.79 Å². The molecule has 3 N–H and O–H groups in total. The molecule has 0 aliphatic heterocycles. The summed E-state index contributed by atoms with van der Waals surface area (Å²) in [7, 11) is 0. The van der Waals surface area contributed by atoms with Gasteiger partial charge in [-0.05, 0) is 43.7 Å². The van der Waals surface area contributed by atoms with Crippen LogP contribution in [0, 0.1) is 6.92 Å². The summed E-state index contributed by atoms with van der Waals surface area (Å²) in [5.74, 6) is -0.0355. The van der Waals surface area contributed by atoms with E-state index in [1.807, 2.05) is 25.1 Å². The minimum Gasteiger partial charge on any atom is -0.462 e. The number of anilines is 3. The second-order valence-electron chi connectivity index (χ2n) is 4.53. The number of aromatic nitrogens is 1. The van der Waals surface area contributed by atoms with Crippen molar-refractivity contribution < 1.29 is 9.53 Å². The number of nitrogens with zero attached hydrogens (tertiary/aromatic N) is 1. The van der Waals surface area contributed by atoms with Crippen molar-refractivity contribution in [1.29, 1.82) is 0 Å². The number of ether oxygens (including phenoxy) is 1. The second-order valence-corrected chi connectivity index (χ2v) is 5.44. The van der Waals surface area contributed by atoms with Crippen LogP contribution >= 0.6 is 15.9 Å². The van der Waals surface area contributed by atoms with Crippen LogP contribution in [0.15, 0.2) is 34.9 Å². The van der Waals surface area contributed by atoms with Gasteiger partial charge in [-0.25, -0.2) is 9.78 Å². The molecule has 5 nitrogen and oxygen atoms in total. The van der Waals surface area contributed by atoms with E-state index < -0.39 is 5.97 Å². The highest BCUT2D eigenvalue weighted by molar-refractivity contribution is 9.10. The molecule has 0 amide bonds.